The molecule has 1 N–H and O–H groups in total. The van der Waals surface area contributed by atoms with E-state index in [4.69, 9.17) is 0 Å². The molecule has 0 saturated carbocycles. The Labute approximate surface area is 135 Å². The van der Waals surface area contributed by atoms with Crippen molar-refractivity contribution in [3.63, 3.8) is 0 Å². The molecule has 1 saturated heterocycles. The lowest BCUT2D eigenvalue weighted by atomic mass is 10.2. The minimum absolute atomic E-state index is 0.599. The van der Waals surface area contributed by atoms with Crippen molar-refractivity contribution in [1.29, 1.82) is 0 Å². The van der Waals surface area contributed by atoms with Crippen molar-refractivity contribution in [3.05, 3.63) is 35.9 Å². The molecular weight excluding hydrogens is 296 g/mol. The van der Waals surface area contributed by atoms with E-state index in [1.165, 1.54) is 18.5 Å². The second-order valence-electron chi connectivity index (χ2n) is 5.59. The third-order valence-electron chi connectivity index (χ3n) is 3.87. The normalized spacial score (nSPS) is 18.9. The molecule has 0 bridgehead atoms. The first-order valence-electron chi connectivity index (χ1n) is 7.66. The van der Waals surface area contributed by atoms with Crippen LogP contribution in [0.15, 0.2) is 35.5 Å². The van der Waals surface area contributed by atoms with E-state index in [-0.39, 0.29) is 0 Å². The van der Waals surface area contributed by atoms with E-state index >= 15 is 0 Å². The third-order valence-corrected chi connectivity index (χ3v) is 4.88. The van der Waals surface area contributed by atoms with Gasteiger partial charge in [0, 0.05) is 45.0 Å². The molecular formula is C15H22N6S. The number of tetrazole rings is 1. The van der Waals surface area contributed by atoms with Crippen LogP contribution in [-0.2, 0) is 13.6 Å². The lowest BCUT2D eigenvalue weighted by molar-refractivity contribution is 0.321. The lowest BCUT2D eigenvalue weighted by Crippen LogP contribution is -2.33. The van der Waals surface area contributed by atoms with Crippen LogP contribution in [0.1, 0.15) is 12.0 Å². The van der Waals surface area contributed by atoms with Crippen LogP contribution in [0.3, 0.4) is 0 Å². The summed E-state index contributed by atoms with van der Waals surface area (Å²) in [5.41, 5.74) is 1.40. The van der Waals surface area contributed by atoms with E-state index in [1.807, 2.05) is 7.05 Å². The summed E-state index contributed by atoms with van der Waals surface area (Å²) in [6.45, 7) is 4.34. The minimum atomic E-state index is 0.599. The quantitative estimate of drug-likeness (QED) is 0.611. The summed E-state index contributed by atoms with van der Waals surface area (Å²) in [7, 11) is 1.87. The highest BCUT2D eigenvalue weighted by molar-refractivity contribution is 7.99. The van der Waals surface area contributed by atoms with E-state index in [9.17, 15) is 0 Å². The number of nitrogens with zero attached hydrogens (tertiary/aromatic N) is 5. The van der Waals surface area contributed by atoms with Crippen LogP contribution in [0.4, 0.5) is 0 Å². The molecule has 1 atom stereocenters. The first kappa shape index (κ1) is 15.5. The molecule has 0 aliphatic carbocycles. The highest BCUT2D eigenvalue weighted by Gasteiger charge is 2.21. The summed E-state index contributed by atoms with van der Waals surface area (Å²) in [4.78, 5) is 2.52. The highest BCUT2D eigenvalue weighted by Crippen LogP contribution is 2.14. The summed E-state index contributed by atoms with van der Waals surface area (Å²) in [6.07, 6.45) is 1.23. The number of hydrogen-bond donors (Lipinski definition) is 1. The van der Waals surface area contributed by atoms with Crippen molar-refractivity contribution >= 4 is 11.8 Å². The van der Waals surface area contributed by atoms with Gasteiger partial charge in [-0.15, -0.1) is 5.10 Å². The Balaban J connectivity index is 1.34. The Morgan fingerprint density at radius 1 is 1.32 bits per heavy atom. The average molecular weight is 318 g/mol. The Bertz CT molecular complexity index is 572. The van der Waals surface area contributed by atoms with Crippen LogP contribution in [0.2, 0.25) is 0 Å². The molecule has 118 valence electrons. The van der Waals surface area contributed by atoms with Gasteiger partial charge < -0.3 is 5.32 Å². The maximum Gasteiger partial charge on any atom is 0.209 e. The maximum absolute atomic E-state index is 3.97. The molecule has 3 rings (SSSR count). The average Bonchev–Trinajstić information content (AvgIpc) is 3.14. The molecule has 0 amide bonds. The van der Waals surface area contributed by atoms with Crippen LogP contribution < -0.4 is 5.32 Å². The molecule has 2 aromatic rings. The molecule has 0 unspecified atom stereocenters. The highest BCUT2D eigenvalue weighted by atomic mass is 32.2. The zero-order valence-electron chi connectivity index (χ0n) is 12.9. The first-order chi connectivity index (χ1) is 10.8. The summed E-state index contributed by atoms with van der Waals surface area (Å²) < 4.78 is 1.71. The van der Waals surface area contributed by atoms with Crippen molar-refractivity contribution in [2.45, 2.75) is 24.2 Å². The van der Waals surface area contributed by atoms with Gasteiger partial charge in [0.15, 0.2) is 0 Å². The van der Waals surface area contributed by atoms with Gasteiger partial charge in [0.1, 0.15) is 0 Å². The Morgan fingerprint density at radius 2 is 2.18 bits per heavy atom. The number of rotatable bonds is 7. The largest absolute Gasteiger partial charge is 0.312 e. The fourth-order valence-corrected chi connectivity index (χ4v) is 3.45. The molecule has 6 nitrogen and oxygen atoms in total. The molecule has 1 aliphatic heterocycles. The van der Waals surface area contributed by atoms with Gasteiger partial charge in [-0.05, 0) is 22.4 Å². The van der Waals surface area contributed by atoms with Gasteiger partial charge >= 0.3 is 0 Å². The zero-order valence-corrected chi connectivity index (χ0v) is 13.7. The molecule has 0 radical (unpaired) electrons. The second-order valence-corrected chi connectivity index (χ2v) is 6.66. The van der Waals surface area contributed by atoms with Crippen LogP contribution in [-0.4, -0.2) is 56.5 Å². The number of nitrogens with one attached hydrogen (secondary N) is 1. The standard InChI is InChI=1S/C15H22N6S/c1-20-15(17-18-19-20)22-10-8-16-14-7-9-21(12-14)11-13-5-3-2-4-6-13/h2-6,14,16H,7-12H2,1H3/t14-/m0/s1. The monoisotopic (exact) mass is 318 g/mol. The number of benzene rings is 1. The predicted octanol–water partition coefficient (Wildman–Crippen LogP) is 1.17. The van der Waals surface area contributed by atoms with Crippen molar-refractivity contribution in [3.8, 4) is 0 Å². The lowest BCUT2D eigenvalue weighted by Gasteiger charge is -2.16. The van der Waals surface area contributed by atoms with Crippen LogP contribution in [0, 0.1) is 0 Å². The van der Waals surface area contributed by atoms with Crippen molar-refractivity contribution in [1.82, 2.24) is 30.4 Å². The number of thioether (sulfide) groups is 1. The summed E-state index contributed by atoms with van der Waals surface area (Å²) in [5, 5.41) is 16.0. The van der Waals surface area contributed by atoms with E-state index in [0.717, 1.165) is 30.5 Å². The van der Waals surface area contributed by atoms with Crippen LogP contribution >= 0.6 is 11.8 Å². The van der Waals surface area contributed by atoms with E-state index in [1.54, 1.807) is 16.4 Å². The smallest absolute Gasteiger partial charge is 0.209 e. The van der Waals surface area contributed by atoms with Crippen molar-refractivity contribution in [2.24, 2.45) is 7.05 Å². The summed E-state index contributed by atoms with van der Waals surface area (Å²) >= 11 is 1.69. The zero-order chi connectivity index (χ0) is 15.2. The summed E-state index contributed by atoms with van der Waals surface area (Å²) in [5.74, 6) is 0.989. The summed E-state index contributed by atoms with van der Waals surface area (Å²) in [6, 6.07) is 11.3. The second kappa shape index (κ2) is 7.71. The maximum atomic E-state index is 3.97. The predicted molar refractivity (Wildman–Crippen MR) is 87.6 cm³/mol. The Kier molecular flexibility index (Phi) is 5.42. The van der Waals surface area contributed by atoms with E-state index in [0.29, 0.717) is 6.04 Å². The van der Waals surface area contributed by atoms with Gasteiger partial charge in [0.2, 0.25) is 5.16 Å². The number of hydrogen-bond acceptors (Lipinski definition) is 6. The minimum Gasteiger partial charge on any atom is -0.312 e. The Morgan fingerprint density at radius 3 is 2.95 bits per heavy atom. The van der Waals surface area contributed by atoms with Crippen LogP contribution in [0.5, 0.6) is 0 Å². The van der Waals surface area contributed by atoms with Gasteiger partial charge in [-0.2, -0.15) is 0 Å². The molecule has 1 aliphatic rings. The first-order valence-corrected chi connectivity index (χ1v) is 8.64. The van der Waals surface area contributed by atoms with Gasteiger partial charge in [-0.3, -0.25) is 4.90 Å². The molecule has 22 heavy (non-hydrogen) atoms. The molecule has 1 aromatic heterocycles. The topological polar surface area (TPSA) is 58.9 Å². The molecule has 1 aromatic carbocycles. The van der Waals surface area contributed by atoms with Gasteiger partial charge in [-0.25, -0.2) is 4.68 Å². The molecule has 2 heterocycles. The van der Waals surface area contributed by atoms with Gasteiger partial charge in [-0.1, -0.05) is 42.1 Å². The SMILES string of the molecule is Cn1nnnc1SCCN[C@H]1CCN(Cc2ccccc2)C1. The third kappa shape index (κ3) is 4.28. The Hall–Kier alpha value is -1.44. The molecule has 0 spiro atoms. The fraction of sp³-hybridized carbons (Fsp3) is 0.533. The molecule has 7 heteroatoms. The number of aryl methyl sites for hydroxylation is 1. The molecule has 1 fully saturated rings. The fourth-order valence-electron chi connectivity index (χ4n) is 2.73. The number of likely N-dealkylation sites (tertiary alicyclic amines) is 1. The van der Waals surface area contributed by atoms with E-state index < -0.39 is 0 Å². The van der Waals surface area contributed by atoms with Gasteiger partial charge in [0.05, 0.1) is 0 Å². The van der Waals surface area contributed by atoms with Crippen molar-refractivity contribution < 1.29 is 0 Å². The van der Waals surface area contributed by atoms with Gasteiger partial charge in [0.25, 0.3) is 0 Å². The van der Waals surface area contributed by atoms with Crippen LogP contribution in [0.25, 0.3) is 0 Å². The van der Waals surface area contributed by atoms with Crippen molar-refractivity contribution in [2.75, 3.05) is 25.4 Å². The van der Waals surface area contributed by atoms with E-state index in [2.05, 4.69) is 56.1 Å². The number of aromatic nitrogens is 4.